The van der Waals surface area contributed by atoms with Crippen LogP contribution in [0.15, 0.2) is 86.6 Å². The van der Waals surface area contributed by atoms with Crippen LogP contribution < -0.4 is 29.1 Å². The third kappa shape index (κ3) is 5.64. The van der Waals surface area contributed by atoms with Gasteiger partial charge in [0.1, 0.15) is 5.75 Å². The number of halogens is 1. The molecular formula is C32H29BrN2O6S. The number of aromatic nitrogens is 1. The second-order valence-electron chi connectivity index (χ2n) is 9.18. The molecule has 5 rings (SSSR count). The molecule has 1 atom stereocenters. The summed E-state index contributed by atoms with van der Waals surface area (Å²) in [6.07, 6.45) is 1.78. The van der Waals surface area contributed by atoms with Crippen LogP contribution in [0.4, 0.5) is 0 Å². The molecule has 0 spiro atoms. The number of thiazole rings is 1. The summed E-state index contributed by atoms with van der Waals surface area (Å²) >= 11 is 4.81. The van der Waals surface area contributed by atoms with Gasteiger partial charge in [-0.25, -0.2) is 9.79 Å². The van der Waals surface area contributed by atoms with Gasteiger partial charge in [-0.05, 0) is 71.2 Å². The molecule has 0 unspecified atom stereocenters. The molecule has 1 aromatic heterocycles. The van der Waals surface area contributed by atoms with Gasteiger partial charge in [0.25, 0.3) is 5.56 Å². The fourth-order valence-electron chi connectivity index (χ4n) is 4.83. The predicted octanol–water partition coefficient (Wildman–Crippen LogP) is 5.11. The van der Waals surface area contributed by atoms with Crippen molar-refractivity contribution in [2.45, 2.75) is 19.9 Å². The van der Waals surface area contributed by atoms with Gasteiger partial charge in [-0.1, -0.05) is 53.8 Å². The fourth-order valence-corrected chi connectivity index (χ4v) is 6.40. The van der Waals surface area contributed by atoms with Gasteiger partial charge in [0.15, 0.2) is 16.3 Å². The minimum absolute atomic E-state index is 0.175. The fraction of sp³-hybridized carbons (Fsp3) is 0.219. The van der Waals surface area contributed by atoms with Gasteiger partial charge >= 0.3 is 5.97 Å². The summed E-state index contributed by atoms with van der Waals surface area (Å²) in [6.45, 7) is 4.30. The van der Waals surface area contributed by atoms with E-state index >= 15 is 0 Å². The molecule has 8 nitrogen and oxygen atoms in total. The van der Waals surface area contributed by atoms with E-state index in [1.807, 2.05) is 73.7 Å². The van der Waals surface area contributed by atoms with E-state index in [1.165, 1.54) is 11.3 Å². The van der Waals surface area contributed by atoms with Crippen molar-refractivity contribution < 1.29 is 23.7 Å². The average Bonchev–Trinajstić information content (AvgIpc) is 3.32. The van der Waals surface area contributed by atoms with E-state index < -0.39 is 12.0 Å². The van der Waals surface area contributed by atoms with Crippen LogP contribution in [-0.2, 0) is 9.53 Å². The maximum atomic E-state index is 14.1. The number of ether oxygens (including phenoxy) is 4. The average molecular weight is 650 g/mol. The van der Waals surface area contributed by atoms with E-state index in [-0.39, 0.29) is 17.7 Å². The lowest BCUT2D eigenvalue weighted by Gasteiger charge is -2.26. The summed E-state index contributed by atoms with van der Waals surface area (Å²) in [5.74, 6) is 1.18. The van der Waals surface area contributed by atoms with Crippen molar-refractivity contribution in [1.82, 2.24) is 4.57 Å². The predicted molar refractivity (Wildman–Crippen MR) is 166 cm³/mol. The number of hydrogen-bond donors (Lipinski definition) is 0. The van der Waals surface area contributed by atoms with Crippen molar-refractivity contribution >= 4 is 45.0 Å². The van der Waals surface area contributed by atoms with Gasteiger partial charge in [-0.2, -0.15) is 0 Å². The van der Waals surface area contributed by atoms with Crippen molar-refractivity contribution in [1.29, 1.82) is 0 Å². The first kappa shape index (κ1) is 29.3. The molecule has 1 aliphatic heterocycles. The van der Waals surface area contributed by atoms with E-state index in [1.54, 1.807) is 31.8 Å². The third-order valence-electron chi connectivity index (χ3n) is 6.62. The number of esters is 1. The second kappa shape index (κ2) is 12.8. The molecule has 216 valence electrons. The second-order valence-corrected chi connectivity index (χ2v) is 11.0. The molecule has 1 aliphatic rings. The van der Waals surface area contributed by atoms with E-state index in [4.69, 9.17) is 23.9 Å². The third-order valence-corrected chi connectivity index (χ3v) is 8.19. The number of fused-ring (bicyclic) bond motifs is 1. The molecule has 0 N–H and O–H groups in total. The highest BCUT2D eigenvalue weighted by Crippen LogP contribution is 2.38. The normalized spacial score (nSPS) is 14.7. The Bertz CT molecular complexity index is 1840. The van der Waals surface area contributed by atoms with E-state index in [9.17, 15) is 9.59 Å². The smallest absolute Gasteiger partial charge is 0.338 e. The maximum absolute atomic E-state index is 14.1. The first-order valence-corrected chi connectivity index (χ1v) is 14.9. The van der Waals surface area contributed by atoms with Gasteiger partial charge in [-0.3, -0.25) is 9.36 Å². The van der Waals surface area contributed by atoms with Gasteiger partial charge in [0.05, 0.1) is 53.8 Å². The molecule has 4 aromatic rings. The standard InChI is InChI=1S/C32H29BrN2O6S/c1-5-40-29-23(33)15-19(16-24(29)39-4)17-25-30(36)35-28(21-13-10-14-22(18-21)38-3)26(31(37)41-6-2)27(34-32(35)42-25)20-11-8-7-9-12-20/h7-18,28H,5-6H2,1-4H3/b25-17-/t28-/m1/s1. The number of methoxy groups -OCH3 is 2. The lowest BCUT2D eigenvalue weighted by molar-refractivity contribution is -0.138. The molecule has 0 fully saturated rings. The molecule has 0 bridgehead atoms. The Morgan fingerprint density at radius 3 is 2.50 bits per heavy atom. The van der Waals surface area contributed by atoms with Crippen molar-refractivity contribution in [3.8, 4) is 17.2 Å². The summed E-state index contributed by atoms with van der Waals surface area (Å²) < 4.78 is 25.0. The Morgan fingerprint density at radius 1 is 1.02 bits per heavy atom. The Hall–Kier alpha value is -4.15. The molecule has 0 aliphatic carbocycles. The van der Waals surface area contributed by atoms with E-state index in [0.717, 1.165) is 11.1 Å². The largest absolute Gasteiger partial charge is 0.497 e. The molecule has 3 aromatic carbocycles. The summed E-state index contributed by atoms with van der Waals surface area (Å²) in [5.41, 5.74) is 2.62. The number of rotatable bonds is 9. The SMILES string of the molecule is CCOC(=O)C1=C(c2ccccc2)N=c2s/c(=C\c3cc(Br)c(OCC)c(OC)c3)c(=O)n2[C@@H]1c1cccc(OC)c1. The van der Waals surface area contributed by atoms with Crippen molar-refractivity contribution in [3.05, 3.63) is 113 Å². The monoisotopic (exact) mass is 648 g/mol. The first-order chi connectivity index (χ1) is 20.4. The van der Waals surface area contributed by atoms with Gasteiger partial charge < -0.3 is 18.9 Å². The highest BCUT2D eigenvalue weighted by Gasteiger charge is 2.35. The van der Waals surface area contributed by atoms with Crippen LogP contribution in [0.1, 0.15) is 36.6 Å². The summed E-state index contributed by atoms with van der Waals surface area (Å²) in [4.78, 5) is 33.1. The van der Waals surface area contributed by atoms with Crippen LogP contribution in [0.5, 0.6) is 17.2 Å². The number of benzene rings is 3. The molecule has 42 heavy (non-hydrogen) atoms. The Balaban J connectivity index is 1.80. The number of carbonyl (C=O) groups excluding carboxylic acids is 1. The number of nitrogens with zero attached hydrogens (tertiary/aromatic N) is 2. The highest BCUT2D eigenvalue weighted by molar-refractivity contribution is 9.10. The molecular weight excluding hydrogens is 620 g/mol. The van der Waals surface area contributed by atoms with Gasteiger partial charge in [0, 0.05) is 5.56 Å². The van der Waals surface area contributed by atoms with Crippen molar-refractivity contribution in [3.63, 3.8) is 0 Å². The molecule has 10 heteroatoms. The maximum Gasteiger partial charge on any atom is 0.338 e. The topological polar surface area (TPSA) is 88.4 Å². The van der Waals surface area contributed by atoms with Crippen LogP contribution in [-0.4, -0.2) is 38.0 Å². The van der Waals surface area contributed by atoms with Gasteiger partial charge in [0.2, 0.25) is 0 Å². The Kier molecular flexibility index (Phi) is 8.94. The zero-order chi connectivity index (χ0) is 29.8. The molecule has 0 radical (unpaired) electrons. The minimum atomic E-state index is -0.797. The van der Waals surface area contributed by atoms with Gasteiger partial charge in [-0.15, -0.1) is 0 Å². The lowest BCUT2D eigenvalue weighted by atomic mass is 9.93. The zero-order valence-electron chi connectivity index (χ0n) is 23.5. The quantitative estimate of drug-likeness (QED) is 0.234. The van der Waals surface area contributed by atoms with Crippen LogP contribution in [0.2, 0.25) is 0 Å². The lowest BCUT2D eigenvalue weighted by Crippen LogP contribution is -2.40. The summed E-state index contributed by atoms with van der Waals surface area (Å²) in [5, 5.41) is 0. The van der Waals surface area contributed by atoms with Crippen LogP contribution in [0.25, 0.3) is 11.8 Å². The number of hydrogen-bond acceptors (Lipinski definition) is 8. The van der Waals surface area contributed by atoms with Crippen LogP contribution in [0.3, 0.4) is 0 Å². The summed E-state index contributed by atoms with van der Waals surface area (Å²) in [7, 11) is 3.14. The van der Waals surface area contributed by atoms with Crippen molar-refractivity contribution in [2.75, 3.05) is 27.4 Å². The van der Waals surface area contributed by atoms with Crippen LogP contribution >= 0.6 is 27.3 Å². The van der Waals surface area contributed by atoms with Crippen LogP contribution in [0, 0.1) is 0 Å². The first-order valence-electron chi connectivity index (χ1n) is 13.3. The highest BCUT2D eigenvalue weighted by atomic mass is 79.9. The van der Waals surface area contributed by atoms with Crippen molar-refractivity contribution in [2.24, 2.45) is 4.99 Å². The summed E-state index contributed by atoms with van der Waals surface area (Å²) in [6, 6.07) is 19.7. The molecule has 0 amide bonds. The minimum Gasteiger partial charge on any atom is -0.497 e. The number of carbonyl (C=O) groups is 1. The van der Waals surface area contributed by atoms with E-state index in [2.05, 4.69) is 15.9 Å². The Morgan fingerprint density at radius 2 is 1.81 bits per heavy atom. The molecule has 0 saturated carbocycles. The van der Waals surface area contributed by atoms with E-state index in [0.29, 0.717) is 48.9 Å². The molecule has 2 heterocycles. The molecule has 0 saturated heterocycles. The zero-order valence-corrected chi connectivity index (χ0v) is 26.0. The Labute approximate surface area is 255 Å².